The number of carbonyl (C=O) groups is 2. The fourth-order valence-corrected chi connectivity index (χ4v) is 4.86. The van der Waals surface area contributed by atoms with Gasteiger partial charge >= 0.3 is 5.97 Å². The molecular formula is C20H23NO5. The Morgan fingerprint density at radius 2 is 1.92 bits per heavy atom. The number of nitrogens with zero attached hydrogens (tertiary/aromatic N) is 1. The molecule has 1 aromatic rings. The Kier molecular flexibility index (Phi) is 3.93. The molecule has 1 aromatic carbocycles. The zero-order valence-electron chi connectivity index (χ0n) is 15.3. The first-order chi connectivity index (χ1) is 12.6. The molecule has 6 nitrogen and oxygen atoms in total. The SMILES string of the molecule is COC(=O)[C@@]12CCCC=C1C(=O)N1CCc3cc(OC)c(OC)cc3[C@H]12. The molecule has 0 radical (unpaired) electrons. The van der Waals surface area contributed by atoms with Gasteiger partial charge in [0.05, 0.1) is 27.4 Å². The summed E-state index contributed by atoms with van der Waals surface area (Å²) in [5.74, 6) is 0.900. The lowest BCUT2D eigenvalue weighted by atomic mass is 9.67. The lowest BCUT2D eigenvalue weighted by Gasteiger charge is -2.40. The second-order valence-electron chi connectivity index (χ2n) is 7.03. The van der Waals surface area contributed by atoms with Crippen LogP contribution in [0.1, 0.15) is 36.4 Å². The average molecular weight is 357 g/mol. The van der Waals surface area contributed by atoms with Gasteiger partial charge in [-0.25, -0.2) is 0 Å². The maximum absolute atomic E-state index is 13.1. The van der Waals surface area contributed by atoms with Crippen molar-refractivity contribution in [2.75, 3.05) is 27.9 Å². The lowest BCUT2D eigenvalue weighted by Crippen LogP contribution is -2.43. The van der Waals surface area contributed by atoms with Gasteiger partial charge in [0.15, 0.2) is 11.5 Å². The van der Waals surface area contributed by atoms with E-state index in [0.717, 1.165) is 30.4 Å². The molecule has 0 spiro atoms. The first kappa shape index (κ1) is 16.9. The Balaban J connectivity index is 1.95. The molecule has 1 aliphatic carbocycles. The first-order valence-electron chi connectivity index (χ1n) is 8.93. The number of fused-ring (bicyclic) bond motifs is 5. The van der Waals surface area contributed by atoms with Crippen LogP contribution in [0.15, 0.2) is 23.8 Å². The van der Waals surface area contributed by atoms with Crippen LogP contribution in [0.2, 0.25) is 0 Å². The minimum atomic E-state index is -0.932. The number of ether oxygens (including phenoxy) is 3. The van der Waals surface area contributed by atoms with Crippen molar-refractivity contribution in [3.05, 3.63) is 34.9 Å². The lowest BCUT2D eigenvalue weighted by molar-refractivity contribution is -0.153. The third-order valence-electron chi connectivity index (χ3n) is 5.99. The van der Waals surface area contributed by atoms with E-state index in [1.54, 1.807) is 14.2 Å². The number of carbonyl (C=O) groups excluding carboxylic acids is 2. The molecule has 3 aliphatic rings. The molecule has 0 aromatic heterocycles. The van der Waals surface area contributed by atoms with Crippen LogP contribution in [0.5, 0.6) is 11.5 Å². The Bertz CT molecular complexity index is 815. The molecular weight excluding hydrogens is 334 g/mol. The summed E-state index contributed by atoms with van der Waals surface area (Å²) in [5.41, 5.74) is 1.71. The summed E-state index contributed by atoms with van der Waals surface area (Å²) >= 11 is 0. The molecule has 2 aliphatic heterocycles. The number of hydrogen-bond donors (Lipinski definition) is 0. The molecule has 4 rings (SSSR count). The second kappa shape index (κ2) is 6.04. The fraction of sp³-hybridized carbons (Fsp3) is 0.500. The van der Waals surface area contributed by atoms with Crippen LogP contribution in [0.25, 0.3) is 0 Å². The smallest absolute Gasteiger partial charge is 0.318 e. The highest BCUT2D eigenvalue weighted by Gasteiger charge is 2.62. The standard InChI is InChI=1S/C20H23NO5/c1-24-15-10-12-7-9-21-17(13(12)11-16(15)25-2)20(19(23)26-3)8-5-4-6-14(20)18(21)22/h6,10-11,17H,4-5,7-9H2,1-3H3/t17-,20-/m0/s1. The van der Waals surface area contributed by atoms with Gasteiger partial charge in [0, 0.05) is 12.1 Å². The molecule has 138 valence electrons. The normalized spacial score (nSPS) is 26.4. The summed E-state index contributed by atoms with van der Waals surface area (Å²) in [4.78, 5) is 27.9. The maximum Gasteiger partial charge on any atom is 0.318 e. The molecule has 1 amide bonds. The molecule has 0 unspecified atom stereocenters. The van der Waals surface area contributed by atoms with Crippen molar-refractivity contribution in [3.8, 4) is 11.5 Å². The van der Waals surface area contributed by atoms with Crippen LogP contribution in [-0.4, -0.2) is 44.7 Å². The molecule has 1 saturated heterocycles. The Morgan fingerprint density at radius 1 is 1.19 bits per heavy atom. The van der Waals surface area contributed by atoms with Crippen molar-refractivity contribution >= 4 is 11.9 Å². The first-order valence-corrected chi connectivity index (χ1v) is 8.93. The van der Waals surface area contributed by atoms with Crippen molar-refractivity contribution in [3.63, 3.8) is 0 Å². The monoisotopic (exact) mass is 357 g/mol. The Labute approximate surface area is 152 Å². The highest BCUT2D eigenvalue weighted by Crippen LogP contribution is 2.59. The van der Waals surface area contributed by atoms with Gasteiger partial charge in [-0.3, -0.25) is 9.59 Å². The van der Waals surface area contributed by atoms with E-state index in [1.165, 1.54) is 7.11 Å². The van der Waals surface area contributed by atoms with E-state index in [0.29, 0.717) is 30.0 Å². The number of allylic oxidation sites excluding steroid dienone is 1. The number of benzene rings is 1. The van der Waals surface area contributed by atoms with Gasteiger partial charge in [0.2, 0.25) is 0 Å². The summed E-state index contributed by atoms with van der Waals surface area (Å²) in [5, 5.41) is 0. The van der Waals surface area contributed by atoms with Crippen molar-refractivity contribution in [2.24, 2.45) is 5.41 Å². The summed E-state index contributed by atoms with van der Waals surface area (Å²) < 4.78 is 16.1. The molecule has 1 fully saturated rings. The number of methoxy groups -OCH3 is 3. The van der Waals surface area contributed by atoms with Crippen molar-refractivity contribution in [1.29, 1.82) is 0 Å². The fourth-order valence-electron chi connectivity index (χ4n) is 4.86. The number of rotatable bonds is 3. The zero-order valence-corrected chi connectivity index (χ0v) is 15.3. The highest BCUT2D eigenvalue weighted by molar-refractivity contribution is 6.06. The van der Waals surface area contributed by atoms with Crippen LogP contribution >= 0.6 is 0 Å². The van der Waals surface area contributed by atoms with E-state index < -0.39 is 5.41 Å². The largest absolute Gasteiger partial charge is 0.493 e. The van der Waals surface area contributed by atoms with E-state index in [-0.39, 0.29) is 17.9 Å². The van der Waals surface area contributed by atoms with E-state index in [4.69, 9.17) is 14.2 Å². The second-order valence-corrected chi connectivity index (χ2v) is 7.03. The van der Waals surface area contributed by atoms with Crippen LogP contribution < -0.4 is 9.47 Å². The molecule has 6 heteroatoms. The summed E-state index contributed by atoms with van der Waals surface area (Å²) in [6.45, 7) is 0.585. The third-order valence-corrected chi connectivity index (χ3v) is 5.99. The molecule has 0 saturated carbocycles. The van der Waals surface area contributed by atoms with Crippen molar-refractivity contribution in [1.82, 2.24) is 4.90 Å². The van der Waals surface area contributed by atoms with Gasteiger partial charge in [0.25, 0.3) is 5.91 Å². The Morgan fingerprint density at radius 3 is 2.62 bits per heavy atom. The van der Waals surface area contributed by atoms with E-state index >= 15 is 0 Å². The Hall–Kier alpha value is -2.50. The minimum Gasteiger partial charge on any atom is -0.493 e. The third kappa shape index (κ3) is 2.04. The number of hydrogen-bond acceptors (Lipinski definition) is 5. The number of esters is 1. The van der Waals surface area contributed by atoms with E-state index in [9.17, 15) is 9.59 Å². The number of amides is 1. The summed E-state index contributed by atoms with van der Waals surface area (Å²) in [6.07, 6.45) is 4.95. The highest BCUT2D eigenvalue weighted by atomic mass is 16.5. The van der Waals surface area contributed by atoms with Crippen molar-refractivity contribution < 1.29 is 23.8 Å². The average Bonchev–Trinajstić information content (AvgIpc) is 2.96. The molecule has 26 heavy (non-hydrogen) atoms. The predicted molar refractivity (Wildman–Crippen MR) is 94.1 cm³/mol. The quantitative estimate of drug-likeness (QED) is 0.778. The molecule has 2 heterocycles. The topological polar surface area (TPSA) is 65.1 Å². The van der Waals surface area contributed by atoms with Gasteiger partial charge < -0.3 is 19.1 Å². The van der Waals surface area contributed by atoms with E-state index in [2.05, 4.69) is 0 Å². The van der Waals surface area contributed by atoms with Crippen LogP contribution in [-0.2, 0) is 20.7 Å². The summed E-state index contributed by atoms with van der Waals surface area (Å²) in [6, 6.07) is 3.53. The molecule has 0 bridgehead atoms. The zero-order chi connectivity index (χ0) is 18.5. The molecule has 2 atom stereocenters. The van der Waals surface area contributed by atoms with E-state index in [1.807, 2.05) is 23.1 Å². The van der Waals surface area contributed by atoms with Crippen molar-refractivity contribution in [2.45, 2.75) is 31.7 Å². The van der Waals surface area contributed by atoms with Gasteiger partial charge in [-0.15, -0.1) is 0 Å². The van der Waals surface area contributed by atoms with Crippen LogP contribution in [0.4, 0.5) is 0 Å². The minimum absolute atomic E-state index is 0.0412. The molecule has 0 N–H and O–H groups in total. The van der Waals surface area contributed by atoms with Gasteiger partial charge in [0.1, 0.15) is 5.41 Å². The van der Waals surface area contributed by atoms with Gasteiger partial charge in [-0.2, -0.15) is 0 Å². The van der Waals surface area contributed by atoms with Gasteiger partial charge in [-0.1, -0.05) is 6.08 Å². The van der Waals surface area contributed by atoms with Gasteiger partial charge in [-0.05, 0) is 48.9 Å². The summed E-state index contributed by atoms with van der Waals surface area (Å²) in [7, 11) is 4.60. The maximum atomic E-state index is 13.1. The van der Waals surface area contributed by atoms with Crippen LogP contribution in [0, 0.1) is 5.41 Å². The van der Waals surface area contributed by atoms with Crippen LogP contribution in [0.3, 0.4) is 0 Å². The predicted octanol–water partition coefficient (Wildman–Crippen LogP) is 2.41.